The zero-order chi connectivity index (χ0) is 13.5. The monoisotopic (exact) mass is 253 g/mol. The molecule has 2 atom stereocenters. The fraction of sp³-hybridized carbons (Fsp3) is 0.188. The van der Waals surface area contributed by atoms with Crippen molar-refractivity contribution in [2.24, 2.45) is 0 Å². The molecule has 1 aliphatic heterocycles. The summed E-state index contributed by atoms with van der Waals surface area (Å²) in [6.07, 6.45) is 0. The van der Waals surface area contributed by atoms with Crippen LogP contribution in [0.5, 0.6) is 0 Å². The molecule has 0 aliphatic carbocycles. The number of rotatable bonds is 2. The highest BCUT2D eigenvalue weighted by molar-refractivity contribution is 6.07. The Hall–Kier alpha value is -2.13. The van der Waals surface area contributed by atoms with Gasteiger partial charge in [-0.2, -0.15) is 0 Å². The van der Waals surface area contributed by atoms with Crippen LogP contribution in [0.15, 0.2) is 60.7 Å². The van der Waals surface area contributed by atoms with Gasteiger partial charge in [0.15, 0.2) is 5.60 Å². The van der Waals surface area contributed by atoms with Crippen LogP contribution in [0.4, 0.5) is 5.69 Å². The summed E-state index contributed by atoms with van der Waals surface area (Å²) in [5.74, 6) is -0.257. The van der Waals surface area contributed by atoms with Crippen molar-refractivity contribution in [3.05, 3.63) is 66.2 Å². The van der Waals surface area contributed by atoms with E-state index in [0.29, 0.717) is 0 Å². The summed E-state index contributed by atoms with van der Waals surface area (Å²) in [5.41, 5.74) is 0.417. The van der Waals surface area contributed by atoms with Crippen molar-refractivity contribution >= 4 is 11.6 Å². The molecule has 96 valence electrons. The van der Waals surface area contributed by atoms with Crippen molar-refractivity contribution in [3.8, 4) is 0 Å². The minimum atomic E-state index is -1.34. The van der Waals surface area contributed by atoms with Crippen LogP contribution >= 0.6 is 0 Å². The van der Waals surface area contributed by atoms with E-state index in [1.54, 1.807) is 11.8 Å². The average molecular weight is 253 g/mol. The summed E-state index contributed by atoms with van der Waals surface area (Å²) < 4.78 is 0. The first-order valence-electron chi connectivity index (χ1n) is 6.28. The molecule has 0 spiro atoms. The average Bonchev–Trinajstić information content (AvgIpc) is 2.45. The smallest absolute Gasteiger partial charge is 0.261 e. The Labute approximate surface area is 112 Å². The molecule has 0 unspecified atom stereocenters. The summed E-state index contributed by atoms with van der Waals surface area (Å²) in [7, 11) is 0. The number of carbonyl (C=O) groups is 1. The van der Waals surface area contributed by atoms with Crippen LogP contribution in [0.1, 0.15) is 18.5 Å². The largest absolute Gasteiger partial charge is 0.378 e. The fourth-order valence-electron chi connectivity index (χ4n) is 2.63. The van der Waals surface area contributed by atoms with Gasteiger partial charge in [-0.1, -0.05) is 48.5 Å². The first kappa shape index (κ1) is 11.9. The Morgan fingerprint density at radius 1 is 1.00 bits per heavy atom. The fourth-order valence-corrected chi connectivity index (χ4v) is 2.63. The molecule has 1 fully saturated rings. The van der Waals surface area contributed by atoms with Gasteiger partial charge in [-0.25, -0.2) is 0 Å². The van der Waals surface area contributed by atoms with Gasteiger partial charge in [0.25, 0.3) is 5.91 Å². The molecular weight excluding hydrogens is 238 g/mol. The third-order valence-electron chi connectivity index (χ3n) is 3.59. The molecule has 2 aromatic rings. The van der Waals surface area contributed by atoms with Gasteiger partial charge in [0.1, 0.15) is 0 Å². The van der Waals surface area contributed by atoms with E-state index in [1.807, 2.05) is 60.7 Å². The first-order chi connectivity index (χ1) is 9.12. The van der Waals surface area contributed by atoms with Crippen LogP contribution in [0.3, 0.4) is 0 Å². The second-order valence-electron chi connectivity index (χ2n) is 4.97. The Morgan fingerprint density at radius 2 is 1.53 bits per heavy atom. The zero-order valence-electron chi connectivity index (χ0n) is 10.7. The van der Waals surface area contributed by atoms with E-state index in [-0.39, 0.29) is 11.9 Å². The van der Waals surface area contributed by atoms with Crippen molar-refractivity contribution in [3.63, 3.8) is 0 Å². The molecule has 3 nitrogen and oxygen atoms in total. The lowest BCUT2D eigenvalue weighted by Crippen LogP contribution is -2.67. The molecular formula is C16H15NO2. The van der Waals surface area contributed by atoms with Crippen LogP contribution < -0.4 is 4.90 Å². The van der Waals surface area contributed by atoms with Gasteiger partial charge in [-0.3, -0.25) is 9.69 Å². The van der Waals surface area contributed by atoms with Gasteiger partial charge in [-0.05, 0) is 24.6 Å². The molecule has 1 aliphatic rings. The second kappa shape index (κ2) is 4.21. The third-order valence-corrected chi connectivity index (χ3v) is 3.59. The van der Waals surface area contributed by atoms with Gasteiger partial charge >= 0.3 is 0 Å². The number of β-lactam (4-membered cyclic amide) rings is 1. The van der Waals surface area contributed by atoms with Crippen LogP contribution in [0.2, 0.25) is 0 Å². The highest BCUT2D eigenvalue weighted by Gasteiger charge is 2.57. The molecule has 0 radical (unpaired) electrons. The minimum absolute atomic E-state index is 0.257. The summed E-state index contributed by atoms with van der Waals surface area (Å²) >= 11 is 0. The Balaban J connectivity index is 2.03. The molecule has 2 aromatic carbocycles. The van der Waals surface area contributed by atoms with Crippen molar-refractivity contribution in [2.45, 2.75) is 18.6 Å². The van der Waals surface area contributed by atoms with Crippen molar-refractivity contribution in [2.75, 3.05) is 4.90 Å². The molecule has 1 amide bonds. The highest BCUT2D eigenvalue weighted by Crippen LogP contribution is 2.45. The number of para-hydroxylation sites is 1. The van der Waals surface area contributed by atoms with E-state index >= 15 is 0 Å². The second-order valence-corrected chi connectivity index (χ2v) is 4.97. The Bertz CT molecular complexity index is 593. The third kappa shape index (κ3) is 1.74. The van der Waals surface area contributed by atoms with Crippen LogP contribution in [-0.4, -0.2) is 16.6 Å². The predicted molar refractivity (Wildman–Crippen MR) is 73.7 cm³/mol. The van der Waals surface area contributed by atoms with E-state index < -0.39 is 5.60 Å². The van der Waals surface area contributed by atoms with Gasteiger partial charge in [-0.15, -0.1) is 0 Å². The molecule has 19 heavy (non-hydrogen) atoms. The SMILES string of the molecule is C[C@]1(O)C(=O)N(c2ccccc2)[C@@H]1c1ccccc1. The zero-order valence-corrected chi connectivity index (χ0v) is 10.7. The molecule has 0 saturated carbocycles. The predicted octanol–water partition coefficient (Wildman–Crippen LogP) is 2.53. The molecule has 1 N–H and O–H groups in total. The van der Waals surface area contributed by atoms with Crippen molar-refractivity contribution in [1.29, 1.82) is 0 Å². The summed E-state index contributed by atoms with van der Waals surface area (Å²) in [6, 6.07) is 18.7. The highest BCUT2D eigenvalue weighted by atomic mass is 16.3. The number of amides is 1. The topological polar surface area (TPSA) is 40.5 Å². The van der Waals surface area contributed by atoms with Gasteiger partial charge in [0.2, 0.25) is 0 Å². The van der Waals surface area contributed by atoms with E-state index in [2.05, 4.69) is 0 Å². The lowest BCUT2D eigenvalue weighted by atomic mass is 9.79. The number of aliphatic hydroxyl groups is 1. The summed E-state index contributed by atoms with van der Waals surface area (Å²) in [5, 5.41) is 10.3. The summed E-state index contributed by atoms with van der Waals surface area (Å²) in [4.78, 5) is 13.8. The van der Waals surface area contributed by atoms with E-state index in [9.17, 15) is 9.90 Å². The van der Waals surface area contributed by atoms with Gasteiger partial charge in [0, 0.05) is 5.69 Å². The number of benzene rings is 2. The van der Waals surface area contributed by atoms with E-state index in [1.165, 1.54) is 0 Å². The van der Waals surface area contributed by atoms with E-state index in [0.717, 1.165) is 11.3 Å². The van der Waals surface area contributed by atoms with Gasteiger partial charge < -0.3 is 5.11 Å². The molecule has 0 aromatic heterocycles. The van der Waals surface area contributed by atoms with Gasteiger partial charge in [0.05, 0.1) is 6.04 Å². The van der Waals surface area contributed by atoms with Crippen LogP contribution in [-0.2, 0) is 4.79 Å². The molecule has 3 heteroatoms. The van der Waals surface area contributed by atoms with Crippen LogP contribution in [0, 0.1) is 0 Å². The standard InChI is InChI=1S/C16H15NO2/c1-16(19)14(12-8-4-2-5-9-12)17(15(16)18)13-10-6-3-7-11-13/h2-11,14,19H,1H3/t14-,16-/m1/s1. The number of hydrogen-bond donors (Lipinski definition) is 1. The summed E-state index contributed by atoms with van der Waals surface area (Å²) in [6.45, 7) is 1.58. The maximum absolute atomic E-state index is 12.1. The Morgan fingerprint density at radius 3 is 2.11 bits per heavy atom. The maximum atomic E-state index is 12.1. The number of hydrogen-bond acceptors (Lipinski definition) is 2. The van der Waals surface area contributed by atoms with Crippen molar-refractivity contribution < 1.29 is 9.90 Å². The molecule has 0 bridgehead atoms. The minimum Gasteiger partial charge on any atom is -0.378 e. The number of anilines is 1. The number of nitrogens with zero attached hydrogens (tertiary/aromatic N) is 1. The molecule has 3 rings (SSSR count). The normalized spacial score (nSPS) is 26.1. The lowest BCUT2D eigenvalue weighted by Gasteiger charge is -2.51. The maximum Gasteiger partial charge on any atom is 0.261 e. The quantitative estimate of drug-likeness (QED) is 0.835. The first-order valence-corrected chi connectivity index (χ1v) is 6.28. The Kier molecular flexibility index (Phi) is 2.64. The number of carbonyl (C=O) groups excluding carboxylic acids is 1. The van der Waals surface area contributed by atoms with Crippen molar-refractivity contribution in [1.82, 2.24) is 0 Å². The lowest BCUT2D eigenvalue weighted by molar-refractivity contribution is -0.151. The molecule has 1 saturated heterocycles. The molecule has 1 heterocycles. The van der Waals surface area contributed by atoms with E-state index in [4.69, 9.17) is 0 Å². The van der Waals surface area contributed by atoms with Crippen LogP contribution in [0.25, 0.3) is 0 Å².